The molecule has 0 radical (unpaired) electrons. The SMILES string of the molecule is Cc1ccc(CCCCCCNC(=O)C(OCCCCCc2ccc3ccccc3c2)C(OCC(=O)O)C(=O)O)cc1C. The molecule has 0 aromatic heterocycles. The monoisotopic (exact) mass is 591 g/mol. The van der Waals surface area contributed by atoms with Crippen LogP contribution in [-0.2, 0) is 36.7 Å². The van der Waals surface area contributed by atoms with Crippen LogP contribution in [0.4, 0.5) is 0 Å². The smallest absolute Gasteiger partial charge is 0.336 e. The van der Waals surface area contributed by atoms with Crippen molar-refractivity contribution >= 4 is 28.6 Å². The molecule has 0 saturated carbocycles. The molecular weight excluding hydrogens is 546 g/mol. The van der Waals surface area contributed by atoms with Gasteiger partial charge in [0.05, 0.1) is 0 Å². The van der Waals surface area contributed by atoms with Gasteiger partial charge >= 0.3 is 11.9 Å². The molecule has 232 valence electrons. The summed E-state index contributed by atoms with van der Waals surface area (Å²) in [4.78, 5) is 35.8. The maximum Gasteiger partial charge on any atom is 0.336 e. The number of hydrogen-bond acceptors (Lipinski definition) is 5. The van der Waals surface area contributed by atoms with Gasteiger partial charge in [-0.25, -0.2) is 9.59 Å². The fourth-order valence-electron chi connectivity index (χ4n) is 5.04. The van der Waals surface area contributed by atoms with Crippen molar-refractivity contribution in [3.63, 3.8) is 0 Å². The highest BCUT2D eigenvalue weighted by Crippen LogP contribution is 2.18. The van der Waals surface area contributed by atoms with Crippen LogP contribution in [0.3, 0.4) is 0 Å². The Morgan fingerprint density at radius 2 is 1.35 bits per heavy atom. The Morgan fingerprint density at radius 1 is 0.698 bits per heavy atom. The zero-order valence-electron chi connectivity index (χ0n) is 25.3. The molecule has 8 nitrogen and oxygen atoms in total. The van der Waals surface area contributed by atoms with Gasteiger partial charge in [-0.05, 0) is 85.4 Å². The minimum absolute atomic E-state index is 0.161. The second kappa shape index (κ2) is 18.0. The number of nitrogens with one attached hydrogen (secondary N) is 1. The Kier molecular flexibility index (Phi) is 14.2. The fourth-order valence-corrected chi connectivity index (χ4v) is 5.04. The van der Waals surface area contributed by atoms with Crippen LogP contribution in [0.15, 0.2) is 60.7 Å². The minimum atomic E-state index is -1.72. The lowest BCUT2D eigenvalue weighted by Crippen LogP contribution is -2.49. The van der Waals surface area contributed by atoms with E-state index in [0.29, 0.717) is 13.0 Å². The van der Waals surface area contributed by atoms with Crippen LogP contribution in [0, 0.1) is 13.8 Å². The van der Waals surface area contributed by atoms with Crippen LogP contribution in [0.5, 0.6) is 0 Å². The Hall–Kier alpha value is -3.75. The molecule has 2 atom stereocenters. The van der Waals surface area contributed by atoms with Crippen LogP contribution in [-0.4, -0.2) is 60.0 Å². The van der Waals surface area contributed by atoms with E-state index in [-0.39, 0.29) is 6.61 Å². The van der Waals surface area contributed by atoms with Crippen molar-refractivity contribution < 1.29 is 34.1 Å². The van der Waals surface area contributed by atoms with Crippen molar-refractivity contribution in [1.82, 2.24) is 5.32 Å². The molecule has 0 heterocycles. The van der Waals surface area contributed by atoms with Gasteiger partial charge in [0.25, 0.3) is 5.91 Å². The van der Waals surface area contributed by atoms with Crippen LogP contribution < -0.4 is 5.32 Å². The highest BCUT2D eigenvalue weighted by molar-refractivity contribution is 5.88. The van der Waals surface area contributed by atoms with Gasteiger partial charge in [-0.3, -0.25) is 4.79 Å². The topological polar surface area (TPSA) is 122 Å². The average molecular weight is 592 g/mol. The number of fused-ring (bicyclic) bond motifs is 1. The maximum atomic E-state index is 13.0. The van der Waals surface area contributed by atoms with E-state index < -0.39 is 36.7 Å². The van der Waals surface area contributed by atoms with Crippen molar-refractivity contribution in [2.75, 3.05) is 19.8 Å². The largest absolute Gasteiger partial charge is 0.480 e. The van der Waals surface area contributed by atoms with Crippen molar-refractivity contribution in [2.45, 2.75) is 83.8 Å². The quantitative estimate of drug-likeness (QED) is 0.137. The van der Waals surface area contributed by atoms with E-state index in [1.165, 1.54) is 33.0 Å². The molecule has 2 unspecified atom stereocenters. The normalized spacial score (nSPS) is 12.6. The zero-order valence-corrected chi connectivity index (χ0v) is 25.3. The molecule has 0 aliphatic heterocycles. The molecule has 0 aliphatic rings. The van der Waals surface area contributed by atoms with Crippen molar-refractivity contribution in [3.05, 3.63) is 82.9 Å². The molecule has 1 amide bonds. The van der Waals surface area contributed by atoms with E-state index in [0.717, 1.165) is 51.4 Å². The Labute approximate surface area is 254 Å². The predicted molar refractivity (Wildman–Crippen MR) is 167 cm³/mol. The standard InChI is InChI=1S/C35H45NO7/c1-25-16-17-27(22-26(25)2)12-6-3-4-10-20-36-34(39)32(33(35(40)41)43-24-31(37)38)42-21-11-5-7-13-28-18-19-29-14-8-9-15-30(29)23-28/h8-9,14-19,22-23,32-33H,3-7,10-13,20-21,24H2,1-2H3,(H,36,39)(H,37,38)(H,40,41). The Morgan fingerprint density at radius 3 is 2.05 bits per heavy atom. The van der Waals surface area contributed by atoms with E-state index in [2.05, 4.69) is 67.7 Å². The van der Waals surface area contributed by atoms with Gasteiger partial charge in [0.1, 0.15) is 6.61 Å². The van der Waals surface area contributed by atoms with Gasteiger partial charge < -0.3 is 25.0 Å². The summed E-state index contributed by atoms with van der Waals surface area (Å²) in [6.45, 7) is 3.92. The Bertz CT molecular complexity index is 1340. The first kappa shape index (κ1) is 33.7. The second-order valence-corrected chi connectivity index (χ2v) is 11.1. The summed E-state index contributed by atoms with van der Waals surface area (Å²) in [5, 5.41) is 23.8. The first-order valence-electron chi connectivity index (χ1n) is 15.2. The summed E-state index contributed by atoms with van der Waals surface area (Å²) in [5.41, 5.74) is 5.16. The molecule has 3 N–H and O–H groups in total. The number of carboxylic acid groups (broad SMARTS) is 2. The first-order valence-corrected chi connectivity index (χ1v) is 15.2. The van der Waals surface area contributed by atoms with E-state index in [1.807, 2.05) is 12.1 Å². The van der Waals surface area contributed by atoms with E-state index in [9.17, 15) is 19.5 Å². The molecule has 3 aromatic rings. The van der Waals surface area contributed by atoms with Crippen LogP contribution in [0.25, 0.3) is 10.8 Å². The molecule has 0 saturated heterocycles. The summed E-state index contributed by atoms with van der Waals surface area (Å²) in [6, 6.07) is 21.2. The average Bonchev–Trinajstić information content (AvgIpc) is 2.98. The minimum Gasteiger partial charge on any atom is -0.480 e. The summed E-state index contributed by atoms with van der Waals surface area (Å²) in [7, 11) is 0. The number of ether oxygens (including phenoxy) is 2. The number of aliphatic carboxylic acids is 2. The first-order chi connectivity index (χ1) is 20.7. The molecule has 0 fully saturated rings. The van der Waals surface area contributed by atoms with Gasteiger partial charge in [-0.2, -0.15) is 0 Å². The number of rotatable bonds is 20. The number of carbonyl (C=O) groups is 3. The van der Waals surface area contributed by atoms with Crippen LogP contribution in [0.2, 0.25) is 0 Å². The van der Waals surface area contributed by atoms with Gasteiger partial charge in [0.2, 0.25) is 0 Å². The van der Waals surface area contributed by atoms with Gasteiger partial charge in [0, 0.05) is 13.2 Å². The number of benzene rings is 3. The number of unbranched alkanes of at least 4 members (excludes halogenated alkanes) is 5. The lowest BCUT2D eigenvalue weighted by molar-refractivity contribution is -0.172. The van der Waals surface area contributed by atoms with Crippen LogP contribution >= 0.6 is 0 Å². The van der Waals surface area contributed by atoms with E-state index in [1.54, 1.807) is 0 Å². The molecule has 3 aromatic carbocycles. The third-order valence-electron chi connectivity index (χ3n) is 7.65. The summed E-state index contributed by atoms with van der Waals surface area (Å²) in [5.74, 6) is -3.37. The predicted octanol–water partition coefficient (Wildman–Crippen LogP) is 6.03. The lowest BCUT2D eigenvalue weighted by atomic mass is 10.0. The number of carbonyl (C=O) groups excluding carboxylic acids is 1. The zero-order chi connectivity index (χ0) is 31.0. The van der Waals surface area contributed by atoms with Crippen molar-refractivity contribution in [1.29, 1.82) is 0 Å². The molecule has 8 heteroatoms. The number of carboxylic acids is 2. The number of hydrogen-bond donors (Lipinski definition) is 3. The van der Waals surface area contributed by atoms with E-state index in [4.69, 9.17) is 14.6 Å². The second-order valence-electron chi connectivity index (χ2n) is 11.1. The maximum absolute atomic E-state index is 13.0. The van der Waals surface area contributed by atoms with Gasteiger partial charge in [-0.15, -0.1) is 0 Å². The summed E-state index contributed by atoms with van der Waals surface area (Å²) in [6.07, 6.45) is 4.86. The number of amides is 1. The third kappa shape index (κ3) is 11.8. The molecule has 0 spiro atoms. The molecule has 3 rings (SSSR count). The molecule has 43 heavy (non-hydrogen) atoms. The van der Waals surface area contributed by atoms with Crippen LogP contribution in [0.1, 0.15) is 67.2 Å². The summed E-state index contributed by atoms with van der Waals surface area (Å²) < 4.78 is 10.8. The lowest BCUT2D eigenvalue weighted by Gasteiger charge is -2.23. The van der Waals surface area contributed by atoms with Gasteiger partial charge in [0.15, 0.2) is 12.2 Å². The fraction of sp³-hybridized carbons (Fsp3) is 0.457. The van der Waals surface area contributed by atoms with E-state index >= 15 is 0 Å². The van der Waals surface area contributed by atoms with Crippen molar-refractivity contribution in [3.8, 4) is 0 Å². The summed E-state index contributed by atoms with van der Waals surface area (Å²) >= 11 is 0. The van der Waals surface area contributed by atoms with Gasteiger partial charge in [-0.1, -0.05) is 79.9 Å². The highest BCUT2D eigenvalue weighted by atomic mass is 16.6. The Balaban J connectivity index is 1.41. The number of aryl methyl sites for hydroxylation is 4. The molecular formula is C35H45NO7. The van der Waals surface area contributed by atoms with Crippen molar-refractivity contribution in [2.24, 2.45) is 0 Å². The third-order valence-corrected chi connectivity index (χ3v) is 7.65. The highest BCUT2D eigenvalue weighted by Gasteiger charge is 2.36. The molecule has 0 bridgehead atoms. The molecule has 0 aliphatic carbocycles.